The summed E-state index contributed by atoms with van der Waals surface area (Å²) in [5, 5.41) is 0. The number of aryl methyl sites for hydroxylation is 2. The van der Waals surface area contributed by atoms with Crippen molar-refractivity contribution >= 4 is 0 Å². The lowest BCUT2D eigenvalue weighted by Gasteiger charge is -2.50. The van der Waals surface area contributed by atoms with Crippen molar-refractivity contribution in [3.05, 3.63) is 47.5 Å². The lowest BCUT2D eigenvalue weighted by atomic mass is 9.54. The molecule has 0 amide bonds. The van der Waals surface area contributed by atoms with Gasteiger partial charge in [-0.2, -0.15) is 0 Å². The fourth-order valence-corrected chi connectivity index (χ4v) is 6.14. The highest BCUT2D eigenvalue weighted by Crippen LogP contribution is 2.63. The first-order chi connectivity index (χ1) is 11.1. The molecule has 0 radical (unpaired) electrons. The Morgan fingerprint density at radius 2 is 1.91 bits per heavy atom. The van der Waals surface area contributed by atoms with Crippen molar-refractivity contribution in [3.8, 4) is 0 Å². The monoisotopic (exact) mass is 310 g/mol. The predicted molar refractivity (Wildman–Crippen MR) is 101 cm³/mol. The minimum atomic E-state index is 0.547. The molecule has 0 bridgehead atoms. The van der Waals surface area contributed by atoms with Gasteiger partial charge in [0, 0.05) is 0 Å². The molecule has 5 atom stereocenters. The number of hydrogen-bond donors (Lipinski definition) is 0. The molecule has 1 aromatic rings. The number of allylic oxidation sites excluding steroid dienone is 1. The van der Waals surface area contributed by atoms with Gasteiger partial charge in [0.1, 0.15) is 0 Å². The predicted octanol–water partition coefficient (Wildman–Crippen LogP) is 6.68. The molecule has 0 heterocycles. The number of fused-ring (bicyclic) bond motifs is 5. The Hall–Kier alpha value is -1.04. The Kier molecular flexibility index (Phi) is 4.72. The van der Waals surface area contributed by atoms with Crippen LogP contribution in [0.15, 0.2) is 30.9 Å². The Labute approximate surface area is 143 Å². The Morgan fingerprint density at radius 3 is 2.65 bits per heavy atom. The van der Waals surface area contributed by atoms with E-state index in [1.807, 2.05) is 13.8 Å². The quantitative estimate of drug-likeness (QED) is 0.507. The summed E-state index contributed by atoms with van der Waals surface area (Å²) in [5.74, 6) is 3.48. The number of benzene rings is 1. The highest BCUT2D eigenvalue weighted by atomic mass is 14.6. The summed E-state index contributed by atoms with van der Waals surface area (Å²) >= 11 is 0. The average Bonchev–Trinajstić information content (AvgIpc) is 2.92. The normalized spacial score (nSPS) is 37.7. The molecule has 0 saturated heterocycles. The summed E-state index contributed by atoms with van der Waals surface area (Å²) in [6.45, 7) is 12.9. The van der Waals surface area contributed by atoms with Gasteiger partial charge in [-0.15, -0.1) is 6.58 Å². The van der Waals surface area contributed by atoms with E-state index in [4.69, 9.17) is 0 Å². The van der Waals surface area contributed by atoms with Gasteiger partial charge in [0.15, 0.2) is 0 Å². The molecule has 3 aliphatic carbocycles. The summed E-state index contributed by atoms with van der Waals surface area (Å²) < 4.78 is 0. The minimum absolute atomic E-state index is 0.547. The summed E-state index contributed by atoms with van der Waals surface area (Å²) in [7, 11) is 0. The first-order valence-corrected chi connectivity index (χ1v) is 9.85. The van der Waals surface area contributed by atoms with Crippen molar-refractivity contribution in [1.29, 1.82) is 0 Å². The van der Waals surface area contributed by atoms with Crippen LogP contribution in [-0.4, -0.2) is 0 Å². The topological polar surface area (TPSA) is 0 Å². The molecule has 0 aliphatic heterocycles. The van der Waals surface area contributed by atoms with Crippen LogP contribution in [0.4, 0.5) is 0 Å². The third kappa shape index (κ3) is 2.59. The first kappa shape index (κ1) is 16.8. The largest absolute Gasteiger partial charge is 0.103 e. The van der Waals surface area contributed by atoms with Crippen LogP contribution in [0, 0.1) is 30.1 Å². The molecule has 0 aromatic heterocycles. The van der Waals surface area contributed by atoms with Gasteiger partial charge in [-0.25, -0.2) is 0 Å². The summed E-state index contributed by atoms with van der Waals surface area (Å²) in [6, 6.07) is 7.22. The van der Waals surface area contributed by atoms with Crippen LogP contribution in [0.1, 0.15) is 75.5 Å². The van der Waals surface area contributed by atoms with Gasteiger partial charge in [-0.3, -0.25) is 0 Å². The van der Waals surface area contributed by atoms with Crippen LogP contribution >= 0.6 is 0 Å². The average molecular weight is 311 g/mol. The maximum absolute atomic E-state index is 4.13. The lowest BCUT2D eigenvalue weighted by molar-refractivity contribution is 0.0410. The summed E-state index contributed by atoms with van der Waals surface area (Å²) in [6.07, 6.45) is 10.6. The SMILES string of the molecule is C=CC1CCC2C3CCc4cc(C)ccc4C3CCC12C.CC. The lowest BCUT2D eigenvalue weighted by Crippen LogP contribution is -2.41. The van der Waals surface area contributed by atoms with E-state index in [9.17, 15) is 0 Å². The van der Waals surface area contributed by atoms with Crippen LogP contribution in [0.3, 0.4) is 0 Å². The van der Waals surface area contributed by atoms with Gasteiger partial charge in [-0.05, 0) is 85.7 Å². The maximum Gasteiger partial charge on any atom is -0.0128 e. The van der Waals surface area contributed by atoms with Crippen LogP contribution in [-0.2, 0) is 6.42 Å². The Balaban J connectivity index is 0.000000753. The van der Waals surface area contributed by atoms with Crippen molar-refractivity contribution in [2.45, 2.75) is 72.1 Å². The van der Waals surface area contributed by atoms with E-state index in [0.29, 0.717) is 5.41 Å². The highest BCUT2D eigenvalue weighted by Gasteiger charge is 2.53. The van der Waals surface area contributed by atoms with E-state index in [0.717, 1.165) is 23.7 Å². The molecule has 126 valence electrons. The molecular formula is C23H34. The molecule has 4 rings (SSSR count). The maximum atomic E-state index is 4.13. The van der Waals surface area contributed by atoms with Crippen LogP contribution < -0.4 is 0 Å². The molecule has 0 spiro atoms. The Bertz CT molecular complexity index is 569. The molecule has 23 heavy (non-hydrogen) atoms. The van der Waals surface area contributed by atoms with Gasteiger partial charge in [0.05, 0.1) is 0 Å². The van der Waals surface area contributed by atoms with E-state index in [-0.39, 0.29) is 0 Å². The van der Waals surface area contributed by atoms with Crippen molar-refractivity contribution in [2.75, 3.05) is 0 Å². The molecule has 0 nitrogen and oxygen atoms in total. The smallest absolute Gasteiger partial charge is 0.0128 e. The van der Waals surface area contributed by atoms with Gasteiger partial charge in [0.2, 0.25) is 0 Å². The molecule has 0 heteroatoms. The minimum Gasteiger partial charge on any atom is -0.103 e. The first-order valence-electron chi connectivity index (χ1n) is 9.85. The number of hydrogen-bond acceptors (Lipinski definition) is 0. The van der Waals surface area contributed by atoms with Crippen molar-refractivity contribution < 1.29 is 0 Å². The van der Waals surface area contributed by atoms with Gasteiger partial charge >= 0.3 is 0 Å². The molecular weight excluding hydrogens is 276 g/mol. The Morgan fingerprint density at radius 1 is 1.13 bits per heavy atom. The van der Waals surface area contributed by atoms with E-state index >= 15 is 0 Å². The van der Waals surface area contributed by atoms with Crippen LogP contribution in [0.2, 0.25) is 0 Å². The third-order valence-electron chi connectivity index (χ3n) is 7.24. The van der Waals surface area contributed by atoms with E-state index < -0.39 is 0 Å². The van der Waals surface area contributed by atoms with Crippen molar-refractivity contribution in [1.82, 2.24) is 0 Å². The molecule has 3 aliphatic rings. The van der Waals surface area contributed by atoms with Crippen LogP contribution in [0.5, 0.6) is 0 Å². The van der Waals surface area contributed by atoms with E-state index in [1.54, 1.807) is 11.1 Å². The summed E-state index contributed by atoms with van der Waals surface area (Å²) in [4.78, 5) is 0. The molecule has 2 fully saturated rings. The van der Waals surface area contributed by atoms with Gasteiger partial charge in [-0.1, -0.05) is 50.6 Å². The zero-order chi connectivity index (χ0) is 16.6. The molecule has 1 aromatic carbocycles. The second-order valence-corrected chi connectivity index (χ2v) is 8.08. The molecule has 0 N–H and O–H groups in total. The third-order valence-corrected chi connectivity index (χ3v) is 7.24. The molecule has 5 unspecified atom stereocenters. The highest BCUT2D eigenvalue weighted by molar-refractivity contribution is 5.37. The second-order valence-electron chi connectivity index (χ2n) is 8.08. The van der Waals surface area contributed by atoms with Crippen molar-refractivity contribution in [2.24, 2.45) is 23.2 Å². The second kappa shape index (κ2) is 6.46. The summed E-state index contributed by atoms with van der Waals surface area (Å²) in [5.41, 5.74) is 5.32. The fraction of sp³-hybridized carbons (Fsp3) is 0.652. The van der Waals surface area contributed by atoms with Crippen LogP contribution in [0.25, 0.3) is 0 Å². The fourth-order valence-electron chi connectivity index (χ4n) is 6.14. The zero-order valence-corrected chi connectivity index (χ0v) is 15.6. The molecule has 2 saturated carbocycles. The van der Waals surface area contributed by atoms with E-state index in [1.165, 1.54) is 44.1 Å². The number of rotatable bonds is 1. The zero-order valence-electron chi connectivity index (χ0n) is 15.6. The van der Waals surface area contributed by atoms with E-state index in [2.05, 4.69) is 44.7 Å². The van der Waals surface area contributed by atoms with Gasteiger partial charge < -0.3 is 0 Å². The van der Waals surface area contributed by atoms with Gasteiger partial charge in [0.25, 0.3) is 0 Å². The van der Waals surface area contributed by atoms with Crippen molar-refractivity contribution in [3.63, 3.8) is 0 Å². The standard InChI is InChI=1S/C21H28.C2H6/c1-4-16-7-10-20-19-9-6-15-13-14(2)5-8-17(15)18(19)11-12-21(16,20)3;1-2/h4-5,8,13,16,18-20H,1,6-7,9-12H2,2-3H3;1-2H3.